The van der Waals surface area contributed by atoms with Crippen LogP contribution in [0.15, 0.2) is 24.3 Å². The van der Waals surface area contributed by atoms with Gasteiger partial charge in [0.25, 0.3) is 0 Å². The zero-order valence-corrected chi connectivity index (χ0v) is 19.6. The van der Waals surface area contributed by atoms with Crippen molar-refractivity contribution in [2.24, 2.45) is 5.92 Å². The fourth-order valence-electron chi connectivity index (χ4n) is 3.81. The molecule has 1 unspecified atom stereocenters. The number of hydrogen-bond acceptors (Lipinski definition) is 5. The molecule has 35 heavy (non-hydrogen) atoms. The Balaban J connectivity index is 0.000000362. The second kappa shape index (κ2) is 12.5. The van der Waals surface area contributed by atoms with E-state index in [0.29, 0.717) is 0 Å². The lowest BCUT2D eigenvalue weighted by atomic mass is 9.78. The number of carboxylic acid groups (broad SMARTS) is 2. The molecule has 2 N–H and O–H groups in total. The molecule has 2 aliphatic heterocycles. The summed E-state index contributed by atoms with van der Waals surface area (Å²) >= 11 is 0. The minimum absolute atomic E-state index is 0.165. The average molecular weight is 516 g/mol. The Bertz CT molecular complexity index is 814. The molecular weight excluding hydrogens is 486 g/mol. The summed E-state index contributed by atoms with van der Waals surface area (Å²) in [5.41, 5.74) is 3.02. The van der Waals surface area contributed by atoms with Crippen molar-refractivity contribution < 1.29 is 50.9 Å². The first-order valence-electron chi connectivity index (χ1n) is 10.6. The third-order valence-corrected chi connectivity index (χ3v) is 5.65. The maximum atomic E-state index is 10.6. The molecule has 2 fully saturated rings. The van der Waals surface area contributed by atoms with Crippen LogP contribution in [0.5, 0.6) is 0 Å². The van der Waals surface area contributed by atoms with E-state index < -0.39 is 24.3 Å². The predicted molar refractivity (Wildman–Crippen MR) is 114 cm³/mol. The minimum Gasteiger partial charge on any atom is -0.475 e. The number of carbonyl (C=O) groups is 2. The summed E-state index contributed by atoms with van der Waals surface area (Å²) in [6.07, 6.45) is -7.66. The highest BCUT2D eigenvalue weighted by molar-refractivity contribution is 5.73. The van der Waals surface area contributed by atoms with Gasteiger partial charge in [0.1, 0.15) is 0 Å². The van der Waals surface area contributed by atoms with E-state index in [1.807, 2.05) is 0 Å². The summed E-state index contributed by atoms with van der Waals surface area (Å²) < 4.78 is 69.6. The van der Waals surface area contributed by atoms with Crippen molar-refractivity contribution in [3.05, 3.63) is 35.4 Å². The van der Waals surface area contributed by atoms with Gasteiger partial charge in [0.05, 0.1) is 5.60 Å². The molecule has 1 spiro atoms. The van der Waals surface area contributed by atoms with Crippen LogP contribution in [0.4, 0.5) is 26.3 Å². The van der Waals surface area contributed by atoms with Crippen LogP contribution in [0.25, 0.3) is 0 Å². The molecule has 0 amide bonds. The summed E-state index contributed by atoms with van der Waals surface area (Å²) in [5.74, 6) is -4.77. The first kappa shape index (κ1) is 30.7. The van der Waals surface area contributed by atoms with Crippen LogP contribution in [0, 0.1) is 12.8 Å². The van der Waals surface area contributed by atoms with Gasteiger partial charge in [-0.3, -0.25) is 4.90 Å². The summed E-state index contributed by atoms with van der Waals surface area (Å²) in [5, 5.41) is 14.2. The number of rotatable bonds is 5. The number of nitrogens with zero attached hydrogens (tertiary/aromatic N) is 2. The third kappa shape index (κ3) is 10.0. The topological polar surface area (TPSA) is 90.3 Å². The number of halogens is 6. The predicted octanol–water partition coefficient (Wildman–Crippen LogP) is 3.80. The average Bonchev–Trinajstić information content (AvgIpc) is 3.11. The van der Waals surface area contributed by atoms with Crippen molar-refractivity contribution in [1.29, 1.82) is 0 Å². The van der Waals surface area contributed by atoms with Crippen molar-refractivity contribution >= 4 is 11.9 Å². The molecule has 2 aliphatic rings. The lowest BCUT2D eigenvalue weighted by Crippen LogP contribution is -2.64. The Hall–Kier alpha value is -2.38. The molecule has 2 heterocycles. The lowest BCUT2D eigenvalue weighted by molar-refractivity contribution is -0.193. The Morgan fingerprint density at radius 1 is 1.06 bits per heavy atom. The highest BCUT2D eigenvalue weighted by atomic mass is 19.4. The van der Waals surface area contributed by atoms with Crippen LogP contribution < -0.4 is 0 Å². The summed E-state index contributed by atoms with van der Waals surface area (Å²) in [4.78, 5) is 22.6. The van der Waals surface area contributed by atoms with Gasteiger partial charge in [-0.2, -0.15) is 26.3 Å². The van der Waals surface area contributed by atoms with E-state index in [9.17, 15) is 26.3 Å². The molecule has 0 aliphatic carbocycles. The van der Waals surface area contributed by atoms with E-state index in [4.69, 9.17) is 24.5 Å². The summed E-state index contributed by atoms with van der Waals surface area (Å²) in [6, 6.07) is 8.72. The molecule has 0 bridgehead atoms. The smallest absolute Gasteiger partial charge is 0.475 e. The van der Waals surface area contributed by atoms with Gasteiger partial charge in [-0.15, -0.1) is 0 Å². The van der Waals surface area contributed by atoms with Gasteiger partial charge in [-0.1, -0.05) is 24.3 Å². The van der Waals surface area contributed by atoms with Crippen LogP contribution in [-0.4, -0.2) is 90.2 Å². The van der Waals surface area contributed by atoms with E-state index >= 15 is 0 Å². The van der Waals surface area contributed by atoms with E-state index in [0.717, 1.165) is 32.2 Å². The Kier molecular flexibility index (Phi) is 11.0. The number of ether oxygens (including phenoxy) is 1. The van der Waals surface area contributed by atoms with Gasteiger partial charge < -0.3 is 19.8 Å². The van der Waals surface area contributed by atoms with Crippen LogP contribution in [0.2, 0.25) is 0 Å². The summed E-state index contributed by atoms with van der Waals surface area (Å²) in [7, 11) is 4.32. The molecule has 2 saturated heterocycles. The molecule has 1 aromatic carbocycles. The molecule has 1 aromatic rings. The highest BCUT2D eigenvalue weighted by Gasteiger charge is 2.52. The van der Waals surface area contributed by atoms with Crippen LogP contribution in [0.3, 0.4) is 0 Å². The Morgan fingerprint density at radius 3 is 1.97 bits per heavy atom. The number of alkyl halides is 6. The maximum absolute atomic E-state index is 10.6. The number of aliphatic carboxylic acids is 2. The molecule has 3 rings (SSSR count). The van der Waals surface area contributed by atoms with Crippen LogP contribution in [0.1, 0.15) is 24.0 Å². The fourth-order valence-corrected chi connectivity index (χ4v) is 3.81. The number of hydrogen-bond donors (Lipinski definition) is 2. The van der Waals surface area contributed by atoms with E-state index in [-0.39, 0.29) is 5.60 Å². The summed E-state index contributed by atoms with van der Waals surface area (Å²) in [6.45, 7) is 7.62. The number of likely N-dealkylation sites (tertiary alicyclic amines) is 1. The van der Waals surface area contributed by atoms with Gasteiger partial charge in [0.2, 0.25) is 0 Å². The number of carboxylic acids is 2. The number of benzene rings is 1. The van der Waals surface area contributed by atoms with E-state index in [1.54, 1.807) is 0 Å². The molecule has 13 heteroatoms. The van der Waals surface area contributed by atoms with E-state index in [1.165, 1.54) is 30.5 Å². The second-order valence-corrected chi connectivity index (χ2v) is 8.67. The zero-order valence-electron chi connectivity index (χ0n) is 19.6. The van der Waals surface area contributed by atoms with Crippen molar-refractivity contribution in [2.45, 2.75) is 44.3 Å². The Labute approximate surface area is 199 Å². The molecule has 0 aromatic heterocycles. The molecule has 200 valence electrons. The maximum Gasteiger partial charge on any atom is 0.490 e. The highest BCUT2D eigenvalue weighted by Crippen LogP contribution is 2.42. The first-order valence-corrected chi connectivity index (χ1v) is 10.6. The van der Waals surface area contributed by atoms with Crippen LogP contribution in [-0.2, 0) is 20.9 Å². The van der Waals surface area contributed by atoms with Gasteiger partial charge >= 0.3 is 24.3 Å². The molecule has 7 nitrogen and oxygen atoms in total. The zero-order chi connectivity index (χ0) is 27.0. The van der Waals surface area contributed by atoms with Crippen LogP contribution >= 0.6 is 0 Å². The second-order valence-electron chi connectivity index (χ2n) is 8.67. The SMILES string of the molecule is Cc1ccccc1CN1CC2(C1)OCCC2CCN(C)C.O=C(O)C(F)(F)F.O=C(O)C(F)(F)F. The normalized spacial score (nSPS) is 19.3. The Morgan fingerprint density at radius 2 is 1.54 bits per heavy atom. The standard InChI is InChI=1S/C18H28N2O.2C2HF3O2/c1-15-6-4-5-7-16(15)12-20-13-18(14-20)17(9-11-21-18)8-10-19(2)3;2*3-2(4,5)1(6)7/h4-7,17H,8-14H2,1-3H3;2*(H,6,7). The third-order valence-electron chi connectivity index (χ3n) is 5.65. The van der Waals surface area contributed by atoms with Gasteiger partial charge in [0, 0.05) is 26.2 Å². The largest absolute Gasteiger partial charge is 0.490 e. The van der Waals surface area contributed by atoms with Crippen molar-refractivity contribution in [3.8, 4) is 0 Å². The molecule has 0 radical (unpaired) electrons. The van der Waals surface area contributed by atoms with E-state index in [2.05, 4.69) is 55.1 Å². The molecular formula is C22H30F6N2O5. The van der Waals surface area contributed by atoms with Crippen molar-refractivity contribution in [1.82, 2.24) is 9.80 Å². The number of aryl methyl sites for hydroxylation is 1. The molecule has 0 saturated carbocycles. The fraction of sp³-hybridized carbons (Fsp3) is 0.636. The first-order chi connectivity index (χ1) is 16.0. The quantitative estimate of drug-likeness (QED) is 0.576. The minimum atomic E-state index is -5.08. The monoisotopic (exact) mass is 516 g/mol. The van der Waals surface area contributed by atoms with Gasteiger partial charge in [0.15, 0.2) is 0 Å². The van der Waals surface area contributed by atoms with Gasteiger partial charge in [-0.05, 0) is 57.5 Å². The lowest BCUT2D eigenvalue weighted by Gasteiger charge is -2.50. The van der Waals surface area contributed by atoms with Gasteiger partial charge in [-0.25, -0.2) is 9.59 Å². The molecule has 1 atom stereocenters. The van der Waals surface area contributed by atoms with Crippen molar-refractivity contribution in [2.75, 3.05) is 40.3 Å². The van der Waals surface area contributed by atoms with Crippen molar-refractivity contribution in [3.63, 3.8) is 0 Å².